The van der Waals surface area contributed by atoms with E-state index in [1.165, 1.54) is 0 Å². The average molecular weight is 249 g/mol. The van der Waals surface area contributed by atoms with Crippen molar-refractivity contribution in [2.75, 3.05) is 0 Å². The third-order valence-corrected chi connectivity index (χ3v) is 1.44. The minimum Gasteiger partial charge on any atom is -0.412 e. The number of aromatic amines is 2. The first-order valence-corrected chi connectivity index (χ1v) is 2.94. The third-order valence-electron chi connectivity index (χ3n) is 0.798. The van der Waals surface area contributed by atoms with Crippen molar-refractivity contribution in [2.45, 2.75) is 0 Å². The number of hydrogen-bond acceptors (Lipinski definition) is 3. The summed E-state index contributed by atoms with van der Waals surface area (Å²) in [4.78, 5) is 35.0. The van der Waals surface area contributed by atoms with Gasteiger partial charge in [-0.2, -0.15) is 3.59 Å². The monoisotopic (exact) mass is 248 g/mol. The van der Waals surface area contributed by atoms with E-state index in [2.05, 4.69) is 16.1 Å². The molecule has 0 amide bonds. The first kappa shape index (κ1) is 14.4. The van der Waals surface area contributed by atoms with Crippen LogP contribution in [-0.2, 0) is 0 Å². The zero-order chi connectivity index (χ0) is 7.72. The Kier molecular flexibility index (Phi) is 6.58. The fourth-order valence-corrected chi connectivity index (χ4v) is 0.593. The van der Waals surface area contributed by atoms with Crippen molar-refractivity contribution in [3.63, 3.8) is 0 Å². The maximum absolute atomic E-state index is 10.5. The molecule has 7 nitrogen and oxygen atoms in total. The summed E-state index contributed by atoms with van der Waals surface area (Å²) in [7, 11) is 0. The van der Waals surface area contributed by atoms with Crippen LogP contribution in [0.4, 0.5) is 0 Å². The van der Waals surface area contributed by atoms with Crippen LogP contribution < -0.4 is 46.6 Å². The Morgan fingerprint density at radius 1 is 1.08 bits per heavy atom. The van der Waals surface area contributed by atoms with Gasteiger partial charge in [-0.15, -0.1) is 0 Å². The fraction of sp³-hybridized carbons (Fsp3) is 0. The summed E-state index contributed by atoms with van der Waals surface area (Å²) in [5.41, 5.74) is -2.41. The Morgan fingerprint density at radius 3 is 1.75 bits per heavy atom. The normalized spacial score (nSPS) is 8.08. The van der Waals surface area contributed by atoms with E-state index in [4.69, 9.17) is 0 Å². The van der Waals surface area contributed by atoms with Crippen LogP contribution in [0.3, 0.4) is 0 Å². The second kappa shape index (κ2) is 5.49. The van der Waals surface area contributed by atoms with Gasteiger partial charge in [0.05, 0.1) is 16.1 Å². The molecular weight excluding hydrogens is 245 g/mol. The van der Waals surface area contributed by atoms with Crippen molar-refractivity contribution in [2.24, 2.45) is 0 Å². The molecule has 1 aromatic heterocycles. The van der Waals surface area contributed by atoms with E-state index in [9.17, 15) is 14.4 Å². The van der Waals surface area contributed by atoms with Gasteiger partial charge in [-0.3, -0.25) is 9.97 Å². The third kappa shape index (κ3) is 3.07. The molecule has 0 spiro atoms. The number of halogens is 1. The Labute approximate surface area is 95.8 Å². The van der Waals surface area contributed by atoms with E-state index in [0.717, 1.165) is 0 Å². The van der Waals surface area contributed by atoms with E-state index >= 15 is 0 Å². The number of hydrogen-bond donors (Lipinski definition) is 2. The van der Waals surface area contributed by atoms with Crippen LogP contribution in [0.2, 0.25) is 0 Å². The molecule has 0 aliphatic rings. The van der Waals surface area contributed by atoms with Crippen molar-refractivity contribution in [3.8, 4) is 0 Å². The first-order chi connectivity index (χ1) is 4.61. The van der Waals surface area contributed by atoms with E-state index in [1.807, 2.05) is 9.97 Å². The molecule has 0 unspecified atom stereocenters. The standard InChI is InChI=1S/C3H2BrN3O3.Na.H2O/c4-7-2(9)5-1(8)6-3(7)10;;/h(H2,5,6,8,9,10);;1H2/q;+1;. The molecule has 62 valence electrons. The molecule has 12 heavy (non-hydrogen) atoms. The molecule has 1 aromatic rings. The van der Waals surface area contributed by atoms with Crippen LogP contribution >= 0.6 is 16.1 Å². The van der Waals surface area contributed by atoms with Gasteiger partial charge in [-0.1, -0.05) is 0 Å². The molecule has 0 saturated carbocycles. The summed E-state index contributed by atoms with van der Waals surface area (Å²) in [5.74, 6) is 0. The average Bonchev–Trinajstić information content (AvgIpc) is 1.82. The van der Waals surface area contributed by atoms with Crippen molar-refractivity contribution >= 4 is 16.1 Å². The second-order valence-corrected chi connectivity index (χ2v) is 2.18. The van der Waals surface area contributed by atoms with E-state index in [0.29, 0.717) is 3.59 Å². The van der Waals surface area contributed by atoms with Gasteiger partial charge >= 0.3 is 46.6 Å². The van der Waals surface area contributed by atoms with Gasteiger partial charge in [-0.25, -0.2) is 14.4 Å². The van der Waals surface area contributed by atoms with Gasteiger partial charge in [0.1, 0.15) is 0 Å². The predicted molar refractivity (Wildman–Crippen MR) is 39.9 cm³/mol. The van der Waals surface area contributed by atoms with Gasteiger partial charge in [0, 0.05) is 0 Å². The molecule has 0 saturated heterocycles. The Hall–Kier alpha value is -0.150. The molecular formula is C3H4BrN3NaO4+. The summed E-state index contributed by atoms with van der Waals surface area (Å²) in [6.45, 7) is 0. The number of nitrogens with one attached hydrogen (secondary N) is 2. The molecule has 0 aromatic carbocycles. The maximum atomic E-state index is 10.5. The number of aromatic nitrogens is 3. The van der Waals surface area contributed by atoms with Crippen molar-refractivity contribution < 1.29 is 35.0 Å². The van der Waals surface area contributed by atoms with Gasteiger partial charge in [-0.05, 0) is 0 Å². The Balaban J connectivity index is 0. The molecule has 1 rings (SSSR count). The molecule has 4 N–H and O–H groups in total. The first-order valence-electron chi connectivity index (χ1n) is 2.23. The van der Waals surface area contributed by atoms with Crippen LogP contribution in [0.15, 0.2) is 14.4 Å². The van der Waals surface area contributed by atoms with E-state index < -0.39 is 17.1 Å². The van der Waals surface area contributed by atoms with Crippen LogP contribution in [-0.4, -0.2) is 19.0 Å². The van der Waals surface area contributed by atoms with Gasteiger partial charge in [0.25, 0.3) is 0 Å². The van der Waals surface area contributed by atoms with Crippen molar-refractivity contribution in [1.29, 1.82) is 0 Å². The minimum absolute atomic E-state index is 0. The number of nitrogens with zero attached hydrogens (tertiary/aromatic N) is 1. The van der Waals surface area contributed by atoms with Crippen LogP contribution in [0.25, 0.3) is 0 Å². The fourth-order valence-electron chi connectivity index (χ4n) is 0.416. The largest absolute Gasteiger partial charge is 1.00 e. The molecule has 0 aliphatic carbocycles. The van der Waals surface area contributed by atoms with Gasteiger partial charge in [0.2, 0.25) is 0 Å². The summed E-state index contributed by atoms with van der Waals surface area (Å²) in [5, 5.41) is 0. The van der Waals surface area contributed by atoms with Crippen molar-refractivity contribution in [1.82, 2.24) is 13.6 Å². The molecule has 0 aliphatic heterocycles. The molecule has 0 atom stereocenters. The SMILES string of the molecule is O.O=c1[nH]c(=O)n(Br)c(=O)[nH]1.[Na+]. The smallest absolute Gasteiger partial charge is 0.412 e. The molecule has 0 bridgehead atoms. The summed E-state index contributed by atoms with van der Waals surface area (Å²) >= 11 is 2.60. The Morgan fingerprint density at radius 2 is 1.42 bits per heavy atom. The van der Waals surface area contributed by atoms with Crippen LogP contribution in [0, 0.1) is 0 Å². The predicted octanol–water partition coefficient (Wildman–Crippen LogP) is -5.44. The van der Waals surface area contributed by atoms with Crippen LogP contribution in [0.1, 0.15) is 0 Å². The second-order valence-electron chi connectivity index (χ2n) is 1.47. The zero-order valence-corrected chi connectivity index (χ0v) is 9.64. The van der Waals surface area contributed by atoms with Gasteiger partial charge < -0.3 is 5.48 Å². The van der Waals surface area contributed by atoms with Crippen molar-refractivity contribution in [3.05, 3.63) is 31.5 Å². The van der Waals surface area contributed by atoms with Crippen LogP contribution in [0.5, 0.6) is 0 Å². The molecule has 0 fully saturated rings. The summed E-state index contributed by atoms with van der Waals surface area (Å²) in [6.07, 6.45) is 0. The Bertz CT molecular complexity index is 371. The number of rotatable bonds is 0. The summed E-state index contributed by atoms with van der Waals surface area (Å²) in [6, 6.07) is 0. The quantitative estimate of drug-likeness (QED) is 0.446. The maximum Gasteiger partial charge on any atom is 1.00 e. The molecule has 0 radical (unpaired) electrons. The zero-order valence-electron chi connectivity index (χ0n) is 6.05. The van der Waals surface area contributed by atoms with E-state index in [-0.39, 0.29) is 35.0 Å². The minimum atomic E-state index is -0.814. The summed E-state index contributed by atoms with van der Waals surface area (Å²) < 4.78 is 0.578. The molecule has 1 heterocycles. The molecule has 9 heteroatoms. The van der Waals surface area contributed by atoms with Gasteiger partial charge in [0.15, 0.2) is 0 Å². The van der Waals surface area contributed by atoms with E-state index in [1.54, 1.807) is 0 Å². The topological polar surface area (TPSA) is 119 Å². The number of H-pyrrole nitrogens is 2.